The Labute approximate surface area is 69.6 Å². The molecule has 2 atom stereocenters. The molecule has 0 bridgehead atoms. The first kappa shape index (κ1) is 8.02. The van der Waals surface area contributed by atoms with Gasteiger partial charge in [-0.25, -0.2) is 0 Å². The number of halogens is 1. The van der Waals surface area contributed by atoms with Crippen LogP contribution in [0.5, 0.6) is 0 Å². The van der Waals surface area contributed by atoms with Crippen LogP contribution in [-0.2, 0) is 0 Å². The van der Waals surface area contributed by atoms with Crippen LogP contribution in [0.2, 0.25) is 0 Å². The fraction of sp³-hybridized carbons (Fsp3) is 0.500. The summed E-state index contributed by atoms with van der Waals surface area (Å²) in [6.07, 6.45) is 5.44. The number of hydrogen-bond donors (Lipinski definition) is 1. The first-order valence-corrected chi connectivity index (χ1v) is 4.06. The Bertz CT molecular complexity index is 191. The van der Waals surface area contributed by atoms with Crippen molar-refractivity contribution in [1.29, 1.82) is 0 Å². The van der Waals surface area contributed by atoms with Crippen molar-refractivity contribution < 1.29 is 5.11 Å². The zero-order chi connectivity index (χ0) is 7.78. The molecule has 1 N–H and O–H groups in total. The highest BCUT2D eigenvalue weighted by Gasteiger charge is 2.29. The summed E-state index contributed by atoms with van der Waals surface area (Å²) < 4.78 is -0.272. The average molecular weight is 203 g/mol. The molecule has 0 aromatic carbocycles. The Kier molecular flexibility index (Phi) is 2.02. The Hall–Kier alpha value is -0.0800. The van der Waals surface area contributed by atoms with Crippen molar-refractivity contribution in [3.63, 3.8) is 0 Å². The van der Waals surface area contributed by atoms with E-state index in [4.69, 9.17) is 0 Å². The highest BCUT2D eigenvalue weighted by atomic mass is 79.9. The quantitative estimate of drug-likeness (QED) is 0.597. The van der Waals surface area contributed by atoms with Crippen molar-refractivity contribution in [1.82, 2.24) is 0 Å². The van der Waals surface area contributed by atoms with Gasteiger partial charge in [0.15, 0.2) is 0 Å². The van der Waals surface area contributed by atoms with Crippen LogP contribution in [0.1, 0.15) is 13.8 Å². The molecule has 0 radical (unpaired) electrons. The second-order valence-electron chi connectivity index (χ2n) is 2.82. The molecule has 0 aromatic heterocycles. The minimum Gasteiger partial charge on any atom is -0.387 e. The van der Waals surface area contributed by atoms with E-state index in [2.05, 4.69) is 15.9 Å². The molecular formula is C8H11BrO. The first-order valence-electron chi connectivity index (χ1n) is 3.27. The van der Waals surface area contributed by atoms with Crippen LogP contribution in [0.3, 0.4) is 0 Å². The second-order valence-corrected chi connectivity index (χ2v) is 4.53. The van der Waals surface area contributed by atoms with E-state index in [1.54, 1.807) is 0 Å². The topological polar surface area (TPSA) is 20.2 Å². The van der Waals surface area contributed by atoms with Crippen molar-refractivity contribution in [2.45, 2.75) is 24.3 Å². The normalized spacial score (nSPS) is 39.6. The predicted molar refractivity (Wildman–Crippen MR) is 46.2 cm³/mol. The van der Waals surface area contributed by atoms with Gasteiger partial charge in [-0.3, -0.25) is 0 Å². The van der Waals surface area contributed by atoms with Crippen LogP contribution < -0.4 is 0 Å². The summed E-state index contributed by atoms with van der Waals surface area (Å²) in [6, 6.07) is 0. The summed E-state index contributed by atoms with van der Waals surface area (Å²) in [7, 11) is 0. The van der Waals surface area contributed by atoms with Crippen LogP contribution in [-0.4, -0.2) is 15.5 Å². The molecule has 0 aliphatic heterocycles. The van der Waals surface area contributed by atoms with Gasteiger partial charge in [-0.15, -0.1) is 0 Å². The number of aliphatic hydroxyl groups is 1. The fourth-order valence-corrected chi connectivity index (χ4v) is 1.53. The lowest BCUT2D eigenvalue weighted by Gasteiger charge is -2.28. The zero-order valence-electron chi connectivity index (χ0n) is 6.13. The van der Waals surface area contributed by atoms with E-state index in [0.717, 1.165) is 5.57 Å². The van der Waals surface area contributed by atoms with Gasteiger partial charge in [0.1, 0.15) is 0 Å². The molecule has 1 aliphatic carbocycles. The van der Waals surface area contributed by atoms with Gasteiger partial charge in [0.25, 0.3) is 0 Å². The van der Waals surface area contributed by atoms with Crippen molar-refractivity contribution in [2.24, 2.45) is 0 Å². The second kappa shape index (κ2) is 2.51. The SMILES string of the molecule is CC1=CC=CC(C)(Br)C1O. The Morgan fingerprint density at radius 1 is 1.70 bits per heavy atom. The molecular weight excluding hydrogens is 192 g/mol. The molecule has 1 rings (SSSR count). The van der Waals surface area contributed by atoms with E-state index in [9.17, 15) is 5.11 Å². The lowest BCUT2D eigenvalue weighted by atomic mass is 9.93. The number of hydrogen-bond acceptors (Lipinski definition) is 1. The maximum Gasteiger partial charge on any atom is 0.0936 e. The summed E-state index contributed by atoms with van der Waals surface area (Å²) in [5.74, 6) is 0. The lowest BCUT2D eigenvalue weighted by molar-refractivity contribution is 0.189. The zero-order valence-corrected chi connectivity index (χ0v) is 7.72. The van der Waals surface area contributed by atoms with Gasteiger partial charge in [-0.1, -0.05) is 34.2 Å². The first-order chi connectivity index (χ1) is 4.54. The number of alkyl halides is 1. The monoisotopic (exact) mass is 202 g/mol. The maximum atomic E-state index is 9.54. The van der Waals surface area contributed by atoms with E-state index in [1.165, 1.54) is 0 Å². The minimum atomic E-state index is -0.391. The number of allylic oxidation sites excluding steroid dienone is 2. The highest BCUT2D eigenvalue weighted by Crippen LogP contribution is 2.30. The molecule has 0 spiro atoms. The molecule has 2 heteroatoms. The van der Waals surface area contributed by atoms with Crippen LogP contribution in [0.15, 0.2) is 23.8 Å². The lowest BCUT2D eigenvalue weighted by Crippen LogP contribution is -2.33. The Morgan fingerprint density at radius 3 is 2.70 bits per heavy atom. The van der Waals surface area contributed by atoms with Gasteiger partial charge >= 0.3 is 0 Å². The average Bonchev–Trinajstić information content (AvgIpc) is 1.83. The van der Waals surface area contributed by atoms with Crippen molar-refractivity contribution in [2.75, 3.05) is 0 Å². The number of rotatable bonds is 0. The molecule has 0 amide bonds. The maximum absolute atomic E-state index is 9.54. The summed E-state index contributed by atoms with van der Waals surface area (Å²) in [4.78, 5) is 0. The molecule has 0 aromatic rings. The third-order valence-electron chi connectivity index (χ3n) is 1.75. The van der Waals surface area contributed by atoms with Gasteiger partial charge in [0, 0.05) is 0 Å². The van der Waals surface area contributed by atoms with Gasteiger partial charge in [-0.2, -0.15) is 0 Å². The third-order valence-corrected chi connectivity index (χ3v) is 2.45. The smallest absolute Gasteiger partial charge is 0.0936 e. The molecule has 0 saturated carbocycles. The molecule has 0 fully saturated rings. The molecule has 56 valence electrons. The van der Waals surface area contributed by atoms with Crippen LogP contribution in [0, 0.1) is 0 Å². The summed E-state index contributed by atoms with van der Waals surface area (Å²) in [6.45, 7) is 3.87. The van der Waals surface area contributed by atoms with Gasteiger partial charge < -0.3 is 5.11 Å². The van der Waals surface area contributed by atoms with Crippen LogP contribution in [0.25, 0.3) is 0 Å². The van der Waals surface area contributed by atoms with Crippen molar-refractivity contribution >= 4 is 15.9 Å². The summed E-state index contributed by atoms with van der Waals surface area (Å²) in [5.41, 5.74) is 1.00. The minimum absolute atomic E-state index is 0.272. The summed E-state index contributed by atoms with van der Waals surface area (Å²) in [5, 5.41) is 9.54. The van der Waals surface area contributed by atoms with E-state index < -0.39 is 6.10 Å². The van der Waals surface area contributed by atoms with E-state index in [1.807, 2.05) is 32.1 Å². The highest BCUT2D eigenvalue weighted by molar-refractivity contribution is 9.10. The largest absolute Gasteiger partial charge is 0.387 e. The van der Waals surface area contributed by atoms with Crippen LogP contribution in [0.4, 0.5) is 0 Å². The predicted octanol–water partition coefficient (Wildman–Crippen LogP) is 2.02. The molecule has 0 saturated heterocycles. The van der Waals surface area contributed by atoms with Crippen molar-refractivity contribution in [3.8, 4) is 0 Å². The van der Waals surface area contributed by atoms with E-state index in [-0.39, 0.29) is 4.32 Å². The summed E-state index contributed by atoms with van der Waals surface area (Å²) >= 11 is 3.42. The Morgan fingerprint density at radius 2 is 2.30 bits per heavy atom. The molecule has 2 unspecified atom stereocenters. The number of aliphatic hydroxyl groups excluding tert-OH is 1. The molecule has 1 nitrogen and oxygen atoms in total. The van der Waals surface area contributed by atoms with Gasteiger partial charge in [-0.05, 0) is 19.4 Å². The molecule has 0 heterocycles. The third kappa shape index (κ3) is 1.32. The van der Waals surface area contributed by atoms with Gasteiger partial charge in [0.05, 0.1) is 10.4 Å². The molecule has 10 heavy (non-hydrogen) atoms. The Balaban J connectivity index is 2.89. The molecule has 1 aliphatic rings. The van der Waals surface area contributed by atoms with E-state index in [0.29, 0.717) is 0 Å². The van der Waals surface area contributed by atoms with Gasteiger partial charge in [0.2, 0.25) is 0 Å². The van der Waals surface area contributed by atoms with Crippen molar-refractivity contribution in [3.05, 3.63) is 23.8 Å². The fourth-order valence-electron chi connectivity index (χ4n) is 1.02. The van der Waals surface area contributed by atoms with Crippen LogP contribution >= 0.6 is 15.9 Å². The van der Waals surface area contributed by atoms with E-state index >= 15 is 0 Å². The standard InChI is InChI=1S/C8H11BrO/c1-6-4-3-5-8(2,9)7(6)10/h3-5,7,10H,1-2H3.